The van der Waals surface area contributed by atoms with Crippen molar-refractivity contribution in [3.63, 3.8) is 0 Å². The van der Waals surface area contributed by atoms with Gasteiger partial charge in [-0.25, -0.2) is 0 Å². The molecule has 0 nitrogen and oxygen atoms in total. The van der Waals surface area contributed by atoms with E-state index in [0.717, 1.165) is 6.32 Å². The molecule has 0 atom stereocenters. The van der Waals surface area contributed by atoms with Crippen LogP contribution in [0.25, 0.3) is 0 Å². The Labute approximate surface area is 60.8 Å². The van der Waals surface area contributed by atoms with Crippen LogP contribution in [0, 0.1) is 0 Å². The first-order valence-corrected chi connectivity index (χ1v) is 3.41. The van der Waals surface area contributed by atoms with E-state index < -0.39 is 0 Å². The SMILES string of the molecule is CC(C)=CCB(Cl)Cl. The molecule has 0 saturated heterocycles. The summed E-state index contributed by atoms with van der Waals surface area (Å²) in [4.78, 5) is 0. The van der Waals surface area contributed by atoms with Gasteiger partial charge in [-0.05, 0) is 20.2 Å². The molecule has 0 bridgehead atoms. The number of rotatable bonds is 2. The molecule has 0 fully saturated rings. The van der Waals surface area contributed by atoms with Crippen LogP contribution in [0.3, 0.4) is 0 Å². The van der Waals surface area contributed by atoms with E-state index in [9.17, 15) is 0 Å². The molecule has 0 spiro atoms. The zero-order valence-corrected chi connectivity index (χ0v) is 6.63. The number of hydrogen-bond acceptors (Lipinski definition) is 0. The summed E-state index contributed by atoms with van der Waals surface area (Å²) in [5.74, 6) is 0. The molecule has 0 aromatic rings. The molecule has 0 aromatic carbocycles. The molecule has 0 aromatic heterocycles. The normalized spacial score (nSPS) is 8.50. The quantitative estimate of drug-likeness (QED) is 0.420. The van der Waals surface area contributed by atoms with Crippen molar-refractivity contribution >= 4 is 28.5 Å². The lowest BCUT2D eigenvalue weighted by Crippen LogP contribution is -1.86. The van der Waals surface area contributed by atoms with Gasteiger partial charge in [-0.1, -0.05) is 11.6 Å². The van der Waals surface area contributed by atoms with Gasteiger partial charge in [0.05, 0.1) is 0 Å². The monoisotopic (exact) mass is 150 g/mol. The lowest BCUT2D eigenvalue weighted by Gasteiger charge is -1.88. The standard InChI is InChI=1S/C5H9BCl2/c1-5(2)3-4-6(7)8/h3H,4H2,1-2H3. The maximum absolute atomic E-state index is 5.44. The van der Waals surface area contributed by atoms with Gasteiger partial charge in [-0.3, -0.25) is 0 Å². The summed E-state index contributed by atoms with van der Waals surface area (Å²) in [5, 5.41) is 0. The first kappa shape index (κ1) is 8.38. The summed E-state index contributed by atoms with van der Waals surface area (Å²) < 4.78 is 0. The Balaban J connectivity index is 3.29. The van der Waals surface area contributed by atoms with Crippen molar-refractivity contribution in [3.8, 4) is 0 Å². The third-order valence-electron chi connectivity index (χ3n) is 0.704. The Bertz CT molecular complexity index is 84.4. The van der Waals surface area contributed by atoms with E-state index in [-0.39, 0.29) is 5.54 Å². The minimum Gasteiger partial charge on any atom is -0.171 e. The van der Waals surface area contributed by atoms with Gasteiger partial charge < -0.3 is 0 Å². The second-order valence-electron chi connectivity index (χ2n) is 1.91. The molecule has 0 aliphatic carbocycles. The van der Waals surface area contributed by atoms with Crippen LogP contribution in [0.4, 0.5) is 0 Å². The van der Waals surface area contributed by atoms with Gasteiger partial charge in [0.1, 0.15) is 0 Å². The largest absolute Gasteiger partial charge is 0.355 e. The predicted octanol–water partition coefficient (Wildman–Crippen LogP) is 2.92. The minimum absolute atomic E-state index is 0.245. The summed E-state index contributed by atoms with van der Waals surface area (Å²) in [7, 11) is 0. The van der Waals surface area contributed by atoms with Crippen LogP contribution in [-0.2, 0) is 0 Å². The summed E-state index contributed by atoms with van der Waals surface area (Å²) in [6, 6.07) is 0. The van der Waals surface area contributed by atoms with Crippen LogP contribution in [0.5, 0.6) is 0 Å². The first-order valence-electron chi connectivity index (χ1n) is 2.54. The first-order chi connectivity index (χ1) is 3.63. The van der Waals surface area contributed by atoms with Crippen molar-refractivity contribution in [2.75, 3.05) is 0 Å². The maximum atomic E-state index is 5.44. The third-order valence-corrected chi connectivity index (χ3v) is 1.06. The summed E-state index contributed by atoms with van der Waals surface area (Å²) in [6.45, 7) is 4.05. The molecule has 3 heteroatoms. The Morgan fingerprint density at radius 3 is 2.12 bits per heavy atom. The molecular formula is C5H9BCl2. The van der Waals surface area contributed by atoms with Crippen molar-refractivity contribution in [2.45, 2.75) is 20.2 Å². The fourth-order valence-corrected chi connectivity index (χ4v) is 0.503. The molecule has 0 heterocycles. The molecule has 0 amide bonds. The van der Waals surface area contributed by atoms with Gasteiger partial charge in [-0.2, -0.15) is 22.9 Å². The lowest BCUT2D eigenvalue weighted by molar-refractivity contribution is 1.36. The Morgan fingerprint density at radius 2 is 2.00 bits per heavy atom. The summed E-state index contributed by atoms with van der Waals surface area (Å²) >= 11 is 10.9. The van der Waals surface area contributed by atoms with Crippen molar-refractivity contribution in [2.24, 2.45) is 0 Å². The minimum atomic E-state index is -0.245. The van der Waals surface area contributed by atoms with Gasteiger partial charge in [0.25, 0.3) is 0 Å². The number of halogens is 2. The van der Waals surface area contributed by atoms with Crippen molar-refractivity contribution in [1.29, 1.82) is 0 Å². The van der Waals surface area contributed by atoms with Gasteiger partial charge in [0.2, 0.25) is 0 Å². The third kappa shape index (κ3) is 6.38. The molecule has 0 aliphatic rings. The van der Waals surface area contributed by atoms with Crippen LogP contribution in [0.15, 0.2) is 11.6 Å². The zero-order valence-electron chi connectivity index (χ0n) is 5.12. The Kier molecular flexibility index (Phi) is 4.49. The molecule has 0 saturated carbocycles. The van der Waals surface area contributed by atoms with E-state index in [4.69, 9.17) is 22.9 Å². The highest BCUT2D eigenvalue weighted by atomic mass is 35.5. The van der Waals surface area contributed by atoms with Crippen LogP contribution < -0.4 is 0 Å². The second kappa shape index (κ2) is 4.28. The smallest absolute Gasteiger partial charge is 0.171 e. The molecule has 0 N–H and O–H groups in total. The maximum Gasteiger partial charge on any atom is 0.355 e. The Hall–Kier alpha value is 0.385. The van der Waals surface area contributed by atoms with Crippen LogP contribution in [0.2, 0.25) is 6.32 Å². The van der Waals surface area contributed by atoms with Crippen LogP contribution in [0.1, 0.15) is 13.8 Å². The predicted molar refractivity (Wildman–Crippen MR) is 41.7 cm³/mol. The van der Waals surface area contributed by atoms with E-state index in [1.165, 1.54) is 5.57 Å². The number of allylic oxidation sites excluding steroid dienone is 2. The molecular weight excluding hydrogens is 142 g/mol. The molecule has 0 unspecified atom stereocenters. The topological polar surface area (TPSA) is 0 Å². The van der Waals surface area contributed by atoms with Crippen molar-refractivity contribution in [1.82, 2.24) is 0 Å². The zero-order chi connectivity index (χ0) is 6.57. The molecule has 46 valence electrons. The fraction of sp³-hybridized carbons (Fsp3) is 0.600. The second-order valence-corrected chi connectivity index (χ2v) is 3.19. The average molecular weight is 151 g/mol. The van der Waals surface area contributed by atoms with Crippen LogP contribution >= 0.6 is 22.9 Å². The van der Waals surface area contributed by atoms with Gasteiger partial charge in [0.15, 0.2) is 0 Å². The van der Waals surface area contributed by atoms with Gasteiger partial charge in [-0.15, -0.1) is 0 Å². The van der Waals surface area contributed by atoms with Crippen molar-refractivity contribution < 1.29 is 0 Å². The number of hydrogen-bond donors (Lipinski definition) is 0. The molecule has 0 rings (SSSR count). The summed E-state index contributed by atoms with van der Waals surface area (Å²) in [6.07, 6.45) is 2.77. The lowest BCUT2D eigenvalue weighted by atomic mass is 10.00. The van der Waals surface area contributed by atoms with E-state index in [0.29, 0.717) is 0 Å². The molecule has 0 radical (unpaired) electrons. The van der Waals surface area contributed by atoms with E-state index >= 15 is 0 Å². The van der Waals surface area contributed by atoms with E-state index in [1.807, 2.05) is 19.9 Å². The van der Waals surface area contributed by atoms with Gasteiger partial charge >= 0.3 is 5.54 Å². The highest BCUT2D eigenvalue weighted by Gasteiger charge is 2.00. The van der Waals surface area contributed by atoms with Crippen molar-refractivity contribution in [3.05, 3.63) is 11.6 Å². The highest BCUT2D eigenvalue weighted by molar-refractivity contribution is 7.33. The van der Waals surface area contributed by atoms with E-state index in [1.54, 1.807) is 0 Å². The highest BCUT2D eigenvalue weighted by Crippen LogP contribution is 2.05. The van der Waals surface area contributed by atoms with Gasteiger partial charge in [0, 0.05) is 0 Å². The average Bonchev–Trinajstić information content (AvgIpc) is 1.61. The Morgan fingerprint density at radius 1 is 1.50 bits per heavy atom. The summed E-state index contributed by atoms with van der Waals surface area (Å²) in [5.41, 5.74) is 1.02. The van der Waals surface area contributed by atoms with Crippen LogP contribution in [-0.4, -0.2) is 5.54 Å². The molecule has 0 aliphatic heterocycles. The van der Waals surface area contributed by atoms with E-state index in [2.05, 4.69) is 0 Å². The molecule has 8 heavy (non-hydrogen) atoms. The fourth-order valence-electron chi connectivity index (χ4n) is 0.325.